The van der Waals surface area contributed by atoms with E-state index in [1.54, 1.807) is 13.2 Å². The van der Waals surface area contributed by atoms with Crippen LogP contribution < -0.4 is 9.47 Å². The van der Waals surface area contributed by atoms with Gasteiger partial charge >= 0.3 is 0 Å². The summed E-state index contributed by atoms with van der Waals surface area (Å²) in [4.78, 5) is 14.9. The minimum atomic E-state index is -0.131. The Bertz CT molecular complexity index is 896. The fourth-order valence-electron chi connectivity index (χ4n) is 3.32. The van der Waals surface area contributed by atoms with E-state index in [1.807, 2.05) is 32.0 Å². The molecular formula is C20H21NO5. The van der Waals surface area contributed by atoms with Gasteiger partial charge < -0.3 is 18.6 Å². The van der Waals surface area contributed by atoms with Gasteiger partial charge in [0.1, 0.15) is 29.8 Å². The lowest BCUT2D eigenvalue weighted by atomic mass is 10.00. The van der Waals surface area contributed by atoms with Gasteiger partial charge in [0.2, 0.25) is 5.78 Å². The normalized spacial score (nSPS) is 17.8. The summed E-state index contributed by atoms with van der Waals surface area (Å²) in [6.45, 7) is 6.42. The minimum absolute atomic E-state index is 0.131. The van der Waals surface area contributed by atoms with Gasteiger partial charge in [0.15, 0.2) is 5.76 Å². The van der Waals surface area contributed by atoms with Crippen molar-refractivity contribution >= 4 is 11.9 Å². The second kappa shape index (κ2) is 6.63. The predicted molar refractivity (Wildman–Crippen MR) is 95.3 cm³/mol. The first-order valence-corrected chi connectivity index (χ1v) is 8.58. The van der Waals surface area contributed by atoms with Crippen molar-refractivity contribution in [3.8, 4) is 11.5 Å². The molecule has 0 aliphatic carbocycles. The van der Waals surface area contributed by atoms with Crippen molar-refractivity contribution in [1.29, 1.82) is 0 Å². The Morgan fingerprint density at radius 2 is 2.12 bits per heavy atom. The van der Waals surface area contributed by atoms with Crippen molar-refractivity contribution in [2.24, 2.45) is 0 Å². The number of carbonyl (C=O) groups excluding carboxylic acids is 1. The van der Waals surface area contributed by atoms with Crippen molar-refractivity contribution in [3.05, 3.63) is 52.2 Å². The summed E-state index contributed by atoms with van der Waals surface area (Å²) in [5.74, 6) is 2.91. The van der Waals surface area contributed by atoms with Gasteiger partial charge in [-0.05, 0) is 32.0 Å². The third kappa shape index (κ3) is 2.91. The number of rotatable bonds is 4. The molecular weight excluding hydrogens is 334 g/mol. The van der Waals surface area contributed by atoms with Crippen LogP contribution in [0.15, 0.2) is 28.4 Å². The van der Waals surface area contributed by atoms with E-state index in [-0.39, 0.29) is 11.5 Å². The molecule has 0 unspecified atom stereocenters. The maximum Gasteiger partial charge on any atom is 0.232 e. The summed E-state index contributed by atoms with van der Waals surface area (Å²) in [7, 11) is 1.68. The van der Waals surface area contributed by atoms with Crippen LogP contribution in [0.4, 0.5) is 0 Å². The molecule has 0 fully saturated rings. The maximum atomic E-state index is 12.8. The van der Waals surface area contributed by atoms with Crippen molar-refractivity contribution in [2.45, 2.75) is 20.4 Å². The maximum absolute atomic E-state index is 12.8. The zero-order valence-electron chi connectivity index (χ0n) is 15.1. The number of Topliss-reactive ketones (excluding diaryl/α,β-unsaturated/α-hetero) is 1. The largest absolute Gasteiger partial charge is 0.477 e. The Balaban J connectivity index is 1.65. The molecule has 2 aliphatic rings. The van der Waals surface area contributed by atoms with Crippen LogP contribution in [0, 0.1) is 13.8 Å². The Kier molecular flexibility index (Phi) is 4.30. The van der Waals surface area contributed by atoms with Gasteiger partial charge in [0, 0.05) is 37.4 Å². The highest BCUT2D eigenvalue weighted by Crippen LogP contribution is 2.43. The molecule has 6 heteroatoms. The third-order valence-electron chi connectivity index (χ3n) is 4.65. The number of aryl methyl sites for hydroxylation is 1. The fraction of sp³-hybridized carbons (Fsp3) is 0.350. The molecule has 2 aliphatic heterocycles. The zero-order valence-corrected chi connectivity index (χ0v) is 15.1. The summed E-state index contributed by atoms with van der Waals surface area (Å²) in [6.07, 6.45) is 1.64. The number of hydrogen-bond donors (Lipinski definition) is 0. The molecule has 0 saturated carbocycles. The second-order valence-corrected chi connectivity index (χ2v) is 6.57. The van der Waals surface area contributed by atoms with E-state index in [1.165, 1.54) is 0 Å². The lowest BCUT2D eigenvalue weighted by molar-refractivity contribution is 0.0649. The molecule has 0 radical (unpaired) electrons. The molecule has 0 N–H and O–H groups in total. The third-order valence-corrected chi connectivity index (χ3v) is 4.65. The van der Waals surface area contributed by atoms with Crippen LogP contribution >= 0.6 is 0 Å². The van der Waals surface area contributed by atoms with Crippen molar-refractivity contribution in [3.63, 3.8) is 0 Å². The SMILES string of the molecule is COCCN1COc2c(cc3c(c2C)O/C(=C\c2ccc(C)o2)C3=O)C1. The molecule has 0 bridgehead atoms. The number of fused-ring (bicyclic) bond motifs is 2. The number of carbonyl (C=O) groups is 1. The van der Waals surface area contributed by atoms with E-state index in [4.69, 9.17) is 18.6 Å². The Morgan fingerprint density at radius 1 is 1.27 bits per heavy atom. The summed E-state index contributed by atoms with van der Waals surface area (Å²) in [5.41, 5.74) is 2.43. The first-order valence-electron chi connectivity index (χ1n) is 8.58. The summed E-state index contributed by atoms with van der Waals surface area (Å²) in [5, 5.41) is 0. The van der Waals surface area contributed by atoms with Gasteiger partial charge in [-0.25, -0.2) is 0 Å². The van der Waals surface area contributed by atoms with Crippen LogP contribution in [-0.4, -0.2) is 37.7 Å². The molecule has 6 nitrogen and oxygen atoms in total. The van der Waals surface area contributed by atoms with E-state index in [0.717, 1.165) is 35.7 Å². The Hall–Kier alpha value is -2.57. The van der Waals surface area contributed by atoms with E-state index < -0.39 is 0 Å². The highest BCUT2D eigenvalue weighted by molar-refractivity contribution is 6.15. The molecule has 0 amide bonds. The molecule has 0 spiro atoms. The molecule has 1 aromatic heterocycles. The first kappa shape index (κ1) is 16.9. The van der Waals surface area contributed by atoms with Crippen LogP contribution in [0.3, 0.4) is 0 Å². The van der Waals surface area contributed by atoms with Gasteiger partial charge in [-0.15, -0.1) is 0 Å². The van der Waals surface area contributed by atoms with Crippen LogP contribution in [0.25, 0.3) is 6.08 Å². The topological polar surface area (TPSA) is 61.1 Å². The molecule has 2 aromatic rings. The molecule has 1 aromatic carbocycles. The number of hydrogen-bond acceptors (Lipinski definition) is 6. The number of furan rings is 1. The van der Waals surface area contributed by atoms with Crippen molar-refractivity contribution in [1.82, 2.24) is 4.90 Å². The highest BCUT2D eigenvalue weighted by atomic mass is 16.5. The summed E-state index contributed by atoms with van der Waals surface area (Å²) < 4.78 is 22.4. The van der Waals surface area contributed by atoms with E-state index >= 15 is 0 Å². The van der Waals surface area contributed by atoms with Crippen LogP contribution in [0.5, 0.6) is 11.5 Å². The summed E-state index contributed by atoms with van der Waals surface area (Å²) in [6, 6.07) is 5.55. The van der Waals surface area contributed by atoms with Crippen LogP contribution in [0.2, 0.25) is 0 Å². The van der Waals surface area contributed by atoms with Crippen LogP contribution in [0.1, 0.15) is 33.0 Å². The van der Waals surface area contributed by atoms with E-state index in [2.05, 4.69) is 4.90 Å². The molecule has 0 atom stereocenters. The fourth-order valence-corrected chi connectivity index (χ4v) is 3.32. The monoisotopic (exact) mass is 355 g/mol. The van der Waals surface area contributed by atoms with Gasteiger partial charge in [-0.1, -0.05) is 0 Å². The average Bonchev–Trinajstić information content (AvgIpc) is 3.18. The van der Waals surface area contributed by atoms with E-state index in [9.17, 15) is 4.79 Å². The molecule has 3 heterocycles. The summed E-state index contributed by atoms with van der Waals surface area (Å²) >= 11 is 0. The molecule has 0 saturated heterocycles. The number of ketones is 1. The van der Waals surface area contributed by atoms with Gasteiger partial charge in [0.25, 0.3) is 0 Å². The predicted octanol–water partition coefficient (Wildman–Crippen LogP) is 3.31. The first-order chi connectivity index (χ1) is 12.6. The quantitative estimate of drug-likeness (QED) is 0.784. The van der Waals surface area contributed by atoms with Gasteiger partial charge in [-0.3, -0.25) is 9.69 Å². The van der Waals surface area contributed by atoms with Gasteiger partial charge in [0.05, 0.1) is 12.2 Å². The lowest BCUT2D eigenvalue weighted by Gasteiger charge is -2.30. The van der Waals surface area contributed by atoms with Gasteiger partial charge in [-0.2, -0.15) is 0 Å². The number of nitrogens with zero attached hydrogens (tertiary/aromatic N) is 1. The Labute approximate surface area is 151 Å². The number of benzene rings is 1. The molecule has 4 rings (SSSR count). The van der Waals surface area contributed by atoms with Crippen molar-refractivity contribution in [2.75, 3.05) is 27.0 Å². The standard InChI is InChI=1S/C20H21NO5/c1-12-4-5-15(25-12)9-17-18(22)16-8-14-10-21(6-7-23-3)11-24-19(14)13(2)20(16)26-17/h4-5,8-9H,6-7,10-11H2,1-3H3/b17-9-. The average molecular weight is 355 g/mol. The Morgan fingerprint density at radius 3 is 2.85 bits per heavy atom. The second-order valence-electron chi connectivity index (χ2n) is 6.57. The zero-order chi connectivity index (χ0) is 18.3. The lowest BCUT2D eigenvalue weighted by Crippen LogP contribution is -2.34. The number of methoxy groups -OCH3 is 1. The molecule has 26 heavy (non-hydrogen) atoms. The minimum Gasteiger partial charge on any atom is -0.477 e. The number of allylic oxidation sites excluding steroid dienone is 1. The highest BCUT2D eigenvalue weighted by Gasteiger charge is 2.33. The van der Waals surface area contributed by atoms with E-state index in [0.29, 0.717) is 30.4 Å². The smallest absolute Gasteiger partial charge is 0.232 e. The van der Waals surface area contributed by atoms with Crippen LogP contribution in [-0.2, 0) is 11.3 Å². The number of ether oxygens (including phenoxy) is 3. The van der Waals surface area contributed by atoms with Crippen molar-refractivity contribution < 1.29 is 23.4 Å². The molecule has 136 valence electrons.